The van der Waals surface area contributed by atoms with Crippen LogP contribution in [0.3, 0.4) is 0 Å². The number of rotatable bonds is 7. The first kappa shape index (κ1) is 18.2. The molecule has 0 bridgehead atoms. The van der Waals surface area contributed by atoms with Crippen LogP contribution in [0.1, 0.15) is 16.9 Å². The second-order valence-corrected chi connectivity index (χ2v) is 6.15. The molecule has 1 aromatic heterocycles. The molecule has 0 aliphatic heterocycles. The molecule has 5 nitrogen and oxygen atoms in total. The molecule has 1 heterocycles. The van der Waals surface area contributed by atoms with Gasteiger partial charge in [0.1, 0.15) is 5.69 Å². The van der Waals surface area contributed by atoms with Gasteiger partial charge < -0.3 is 10.1 Å². The van der Waals surface area contributed by atoms with Crippen LogP contribution in [0.2, 0.25) is 5.02 Å². The van der Waals surface area contributed by atoms with E-state index in [1.165, 1.54) is 0 Å². The molecule has 0 spiro atoms. The Kier molecular flexibility index (Phi) is 6.04. The standard InChI is InChI=1S/C20H20ClN3O2/c1-26-13-7-12-22-20(25)19-14-18(16-10-5-6-11-17(16)21)23-24(19)15-8-3-2-4-9-15/h2-6,8-11,14H,7,12-13H2,1H3,(H,22,25). The maximum atomic E-state index is 12.7. The number of hydrogen-bond donors (Lipinski definition) is 1. The summed E-state index contributed by atoms with van der Waals surface area (Å²) in [4.78, 5) is 12.7. The Morgan fingerprint density at radius 2 is 1.88 bits per heavy atom. The van der Waals surface area contributed by atoms with Gasteiger partial charge in [-0.05, 0) is 30.7 Å². The average Bonchev–Trinajstić information content (AvgIpc) is 3.11. The van der Waals surface area contributed by atoms with Crippen LogP contribution in [0.5, 0.6) is 0 Å². The van der Waals surface area contributed by atoms with E-state index in [0.29, 0.717) is 29.6 Å². The highest BCUT2D eigenvalue weighted by molar-refractivity contribution is 6.33. The van der Waals surface area contributed by atoms with Crippen molar-refractivity contribution in [3.8, 4) is 16.9 Å². The van der Waals surface area contributed by atoms with Gasteiger partial charge in [0.2, 0.25) is 0 Å². The first-order chi connectivity index (χ1) is 12.7. The summed E-state index contributed by atoms with van der Waals surface area (Å²) in [6.45, 7) is 1.14. The smallest absolute Gasteiger partial charge is 0.270 e. The van der Waals surface area contributed by atoms with Crippen LogP contribution >= 0.6 is 11.6 Å². The fourth-order valence-electron chi connectivity index (χ4n) is 2.62. The maximum absolute atomic E-state index is 12.7. The first-order valence-electron chi connectivity index (χ1n) is 8.38. The van der Waals surface area contributed by atoms with Crippen molar-refractivity contribution >= 4 is 17.5 Å². The second-order valence-electron chi connectivity index (χ2n) is 5.74. The predicted octanol–water partition coefficient (Wildman–Crippen LogP) is 3.96. The van der Waals surface area contributed by atoms with Crippen molar-refractivity contribution in [3.05, 3.63) is 71.4 Å². The monoisotopic (exact) mass is 369 g/mol. The van der Waals surface area contributed by atoms with Crippen LogP contribution in [0.4, 0.5) is 0 Å². The summed E-state index contributed by atoms with van der Waals surface area (Å²) in [5, 5.41) is 8.13. The number of benzene rings is 2. The van der Waals surface area contributed by atoms with Crippen molar-refractivity contribution in [3.63, 3.8) is 0 Å². The van der Waals surface area contributed by atoms with E-state index in [-0.39, 0.29) is 5.91 Å². The Balaban J connectivity index is 1.96. The van der Waals surface area contributed by atoms with Gasteiger partial charge in [-0.1, -0.05) is 48.0 Å². The highest BCUT2D eigenvalue weighted by atomic mass is 35.5. The van der Waals surface area contributed by atoms with E-state index in [4.69, 9.17) is 16.3 Å². The molecule has 0 aliphatic carbocycles. The minimum Gasteiger partial charge on any atom is -0.385 e. The van der Waals surface area contributed by atoms with E-state index >= 15 is 0 Å². The van der Waals surface area contributed by atoms with Crippen LogP contribution < -0.4 is 5.32 Å². The third kappa shape index (κ3) is 4.12. The number of carbonyl (C=O) groups excluding carboxylic acids is 1. The van der Waals surface area contributed by atoms with Gasteiger partial charge in [0.25, 0.3) is 5.91 Å². The normalized spacial score (nSPS) is 10.7. The van der Waals surface area contributed by atoms with Gasteiger partial charge >= 0.3 is 0 Å². The maximum Gasteiger partial charge on any atom is 0.270 e. The van der Waals surface area contributed by atoms with Crippen LogP contribution in [-0.4, -0.2) is 35.9 Å². The van der Waals surface area contributed by atoms with Crippen molar-refractivity contribution in [2.45, 2.75) is 6.42 Å². The number of aromatic nitrogens is 2. The van der Waals surface area contributed by atoms with E-state index in [2.05, 4.69) is 10.4 Å². The molecule has 3 rings (SSSR count). The SMILES string of the molecule is COCCCNC(=O)c1cc(-c2ccccc2Cl)nn1-c1ccccc1. The zero-order chi connectivity index (χ0) is 18.4. The van der Waals surface area contributed by atoms with Gasteiger partial charge in [0, 0.05) is 25.8 Å². The van der Waals surface area contributed by atoms with Crippen LogP contribution in [0.15, 0.2) is 60.7 Å². The number of hydrogen-bond acceptors (Lipinski definition) is 3. The number of carbonyl (C=O) groups is 1. The Hall–Kier alpha value is -2.63. The number of para-hydroxylation sites is 1. The third-order valence-electron chi connectivity index (χ3n) is 3.90. The lowest BCUT2D eigenvalue weighted by atomic mass is 10.1. The van der Waals surface area contributed by atoms with Gasteiger partial charge in [0.15, 0.2) is 0 Å². The van der Waals surface area contributed by atoms with Crippen LogP contribution in [0, 0.1) is 0 Å². The van der Waals surface area contributed by atoms with Gasteiger partial charge in [-0.25, -0.2) is 4.68 Å². The van der Waals surface area contributed by atoms with Gasteiger partial charge in [-0.3, -0.25) is 4.79 Å². The Morgan fingerprint density at radius 3 is 2.62 bits per heavy atom. The van der Waals surface area contributed by atoms with Crippen molar-refractivity contribution in [2.24, 2.45) is 0 Å². The summed E-state index contributed by atoms with van der Waals surface area (Å²) in [5.41, 5.74) is 2.72. The van der Waals surface area contributed by atoms with Gasteiger partial charge in [-0.15, -0.1) is 0 Å². The molecule has 26 heavy (non-hydrogen) atoms. The van der Waals surface area contributed by atoms with Crippen LogP contribution in [-0.2, 0) is 4.74 Å². The molecule has 0 saturated carbocycles. The minimum absolute atomic E-state index is 0.184. The summed E-state index contributed by atoms with van der Waals surface area (Å²) in [5.74, 6) is -0.184. The number of halogens is 1. The lowest BCUT2D eigenvalue weighted by Crippen LogP contribution is -2.27. The summed E-state index contributed by atoms with van der Waals surface area (Å²) in [6.07, 6.45) is 0.749. The molecular weight excluding hydrogens is 350 g/mol. The summed E-state index contributed by atoms with van der Waals surface area (Å²) >= 11 is 6.30. The molecule has 0 unspecified atom stereocenters. The average molecular weight is 370 g/mol. The molecule has 0 aliphatic rings. The summed E-state index contributed by atoms with van der Waals surface area (Å²) in [6, 6.07) is 18.8. The van der Waals surface area contributed by atoms with Crippen molar-refractivity contribution < 1.29 is 9.53 Å². The van der Waals surface area contributed by atoms with Crippen molar-refractivity contribution in [1.82, 2.24) is 15.1 Å². The highest BCUT2D eigenvalue weighted by Gasteiger charge is 2.18. The molecule has 1 N–H and O–H groups in total. The molecule has 0 fully saturated rings. The largest absolute Gasteiger partial charge is 0.385 e. The quantitative estimate of drug-likeness (QED) is 0.641. The molecule has 1 amide bonds. The van der Waals surface area contributed by atoms with E-state index < -0.39 is 0 Å². The van der Waals surface area contributed by atoms with Crippen LogP contribution in [0.25, 0.3) is 16.9 Å². The fourth-order valence-corrected chi connectivity index (χ4v) is 2.85. The highest BCUT2D eigenvalue weighted by Crippen LogP contribution is 2.28. The lowest BCUT2D eigenvalue weighted by molar-refractivity contribution is 0.0941. The fraction of sp³-hybridized carbons (Fsp3) is 0.200. The first-order valence-corrected chi connectivity index (χ1v) is 8.76. The lowest BCUT2D eigenvalue weighted by Gasteiger charge is -2.08. The zero-order valence-corrected chi connectivity index (χ0v) is 15.2. The molecule has 3 aromatic rings. The van der Waals surface area contributed by atoms with Gasteiger partial charge in [0.05, 0.1) is 16.4 Å². The topological polar surface area (TPSA) is 56.1 Å². The van der Waals surface area contributed by atoms with Crippen molar-refractivity contribution in [2.75, 3.05) is 20.3 Å². The van der Waals surface area contributed by atoms with Crippen molar-refractivity contribution in [1.29, 1.82) is 0 Å². The molecule has 134 valence electrons. The Morgan fingerprint density at radius 1 is 1.15 bits per heavy atom. The number of ether oxygens (including phenoxy) is 1. The predicted molar refractivity (Wildman–Crippen MR) is 103 cm³/mol. The molecule has 6 heteroatoms. The van der Waals surface area contributed by atoms with E-state index in [0.717, 1.165) is 17.7 Å². The van der Waals surface area contributed by atoms with E-state index in [1.807, 2.05) is 54.6 Å². The number of methoxy groups -OCH3 is 1. The zero-order valence-electron chi connectivity index (χ0n) is 14.5. The number of amides is 1. The third-order valence-corrected chi connectivity index (χ3v) is 4.23. The summed E-state index contributed by atoms with van der Waals surface area (Å²) < 4.78 is 6.66. The molecule has 0 saturated heterocycles. The number of nitrogens with zero attached hydrogens (tertiary/aromatic N) is 2. The number of nitrogens with one attached hydrogen (secondary N) is 1. The van der Waals surface area contributed by atoms with Gasteiger partial charge in [-0.2, -0.15) is 5.10 Å². The molecular formula is C20H20ClN3O2. The molecule has 2 aromatic carbocycles. The summed E-state index contributed by atoms with van der Waals surface area (Å²) in [7, 11) is 1.64. The Bertz CT molecular complexity index is 878. The molecule has 0 radical (unpaired) electrons. The second kappa shape index (κ2) is 8.65. The Labute approximate surface area is 157 Å². The van der Waals surface area contributed by atoms with E-state index in [1.54, 1.807) is 17.9 Å². The molecule has 0 atom stereocenters. The minimum atomic E-state index is -0.184. The van der Waals surface area contributed by atoms with E-state index in [9.17, 15) is 4.79 Å².